The monoisotopic (exact) mass is 364 g/mol. The average molecular weight is 364 g/mol. The molecule has 0 radical (unpaired) electrons. The van der Waals surface area contributed by atoms with Crippen molar-refractivity contribution in [2.45, 2.75) is 19.3 Å². The summed E-state index contributed by atoms with van der Waals surface area (Å²) in [7, 11) is 0. The van der Waals surface area contributed by atoms with E-state index in [9.17, 15) is 4.79 Å². The Bertz CT molecular complexity index is 1220. The Morgan fingerprint density at radius 3 is 2.54 bits per heavy atom. The summed E-state index contributed by atoms with van der Waals surface area (Å²) in [5, 5.41) is 9.04. The van der Waals surface area contributed by atoms with Crippen molar-refractivity contribution in [1.82, 2.24) is 5.43 Å². The Labute approximate surface area is 163 Å². The van der Waals surface area contributed by atoms with E-state index in [-0.39, 0.29) is 5.91 Å². The molecular formula is C25H20N2O. The van der Waals surface area contributed by atoms with E-state index in [4.69, 9.17) is 0 Å². The number of carbonyl (C=O) groups is 1. The van der Waals surface area contributed by atoms with E-state index in [1.54, 1.807) is 6.21 Å². The minimum Gasteiger partial charge on any atom is -0.273 e. The third-order valence-corrected chi connectivity index (χ3v) is 5.53. The second-order valence-corrected chi connectivity index (χ2v) is 7.26. The van der Waals surface area contributed by atoms with Crippen LogP contribution >= 0.6 is 0 Å². The molecule has 136 valence electrons. The summed E-state index contributed by atoms with van der Waals surface area (Å²) in [5.74, 6) is -0.112. The molecular weight excluding hydrogens is 344 g/mol. The lowest BCUT2D eigenvalue weighted by Gasteiger charge is -2.06. The first kappa shape index (κ1) is 16.7. The van der Waals surface area contributed by atoms with Gasteiger partial charge in [0, 0.05) is 5.56 Å². The highest BCUT2D eigenvalue weighted by Gasteiger charge is 2.15. The van der Waals surface area contributed by atoms with Crippen molar-refractivity contribution in [2.24, 2.45) is 5.10 Å². The number of nitrogens with one attached hydrogen (secondary N) is 1. The van der Waals surface area contributed by atoms with Crippen LogP contribution in [-0.4, -0.2) is 12.1 Å². The summed E-state index contributed by atoms with van der Waals surface area (Å²) in [6, 6.07) is 24.9. The number of aryl methyl sites for hydroxylation is 2. The third kappa shape index (κ3) is 2.95. The number of carbonyl (C=O) groups excluding carboxylic acids is 1. The third-order valence-electron chi connectivity index (χ3n) is 5.53. The molecule has 0 saturated carbocycles. The van der Waals surface area contributed by atoms with Gasteiger partial charge >= 0.3 is 0 Å². The molecule has 1 aliphatic rings. The molecule has 3 nitrogen and oxygen atoms in total. The van der Waals surface area contributed by atoms with Crippen molar-refractivity contribution in [3.8, 4) is 0 Å². The molecule has 0 aromatic heterocycles. The number of fused-ring (bicyclic) bond motifs is 1. The largest absolute Gasteiger partial charge is 0.273 e. The second-order valence-electron chi connectivity index (χ2n) is 7.26. The van der Waals surface area contributed by atoms with E-state index in [1.807, 2.05) is 30.3 Å². The predicted octanol–water partition coefficient (Wildman–Crippen LogP) is 4.78. The van der Waals surface area contributed by atoms with Crippen molar-refractivity contribution in [3.05, 3.63) is 95.1 Å². The standard InChI is InChI=1S/C25H20N2O/c28-24(15-20-8-3-6-17-5-1-2-9-22(17)20)27-26-16-21-14-13-19-12-11-18-7-4-10-23(21)25(18)19/h1-10,13-14,16H,11-12,15H2,(H,27,28). The summed E-state index contributed by atoms with van der Waals surface area (Å²) in [6.45, 7) is 0. The number of amides is 1. The Balaban J connectivity index is 1.35. The SMILES string of the molecule is O=C(Cc1cccc2ccccc12)NN=Cc1ccc2c3c(cccc13)CC2. The van der Waals surface area contributed by atoms with Gasteiger partial charge in [0.2, 0.25) is 5.91 Å². The fraction of sp³-hybridized carbons (Fsp3) is 0.120. The fourth-order valence-corrected chi connectivity index (χ4v) is 4.21. The van der Waals surface area contributed by atoms with E-state index in [1.165, 1.54) is 21.9 Å². The van der Waals surface area contributed by atoms with Gasteiger partial charge in [-0.2, -0.15) is 5.10 Å². The summed E-state index contributed by atoms with van der Waals surface area (Å²) >= 11 is 0. The normalized spacial score (nSPS) is 12.9. The van der Waals surface area contributed by atoms with Crippen molar-refractivity contribution in [1.29, 1.82) is 0 Å². The molecule has 0 atom stereocenters. The smallest absolute Gasteiger partial charge is 0.244 e. The summed E-state index contributed by atoms with van der Waals surface area (Å²) in [6.07, 6.45) is 4.27. The van der Waals surface area contributed by atoms with Crippen LogP contribution in [0.25, 0.3) is 21.5 Å². The molecule has 4 aromatic rings. The fourth-order valence-electron chi connectivity index (χ4n) is 4.21. The van der Waals surface area contributed by atoms with Gasteiger partial charge in [-0.25, -0.2) is 5.43 Å². The van der Waals surface area contributed by atoms with Gasteiger partial charge in [-0.05, 0) is 51.1 Å². The average Bonchev–Trinajstić information content (AvgIpc) is 3.15. The highest BCUT2D eigenvalue weighted by Crippen LogP contribution is 2.32. The number of rotatable bonds is 4. The molecule has 1 amide bonds. The zero-order valence-electron chi connectivity index (χ0n) is 15.5. The number of hydrogen-bond acceptors (Lipinski definition) is 2. The molecule has 28 heavy (non-hydrogen) atoms. The van der Waals surface area contributed by atoms with Crippen LogP contribution in [0.2, 0.25) is 0 Å². The summed E-state index contributed by atoms with van der Waals surface area (Å²) in [5.41, 5.74) is 7.54. The van der Waals surface area contributed by atoms with E-state index in [2.05, 4.69) is 53.0 Å². The molecule has 0 spiro atoms. The minimum atomic E-state index is -0.112. The van der Waals surface area contributed by atoms with Gasteiger partial charge in [-0.3, -0.25) is 4.79 Å². The van der Waals surface area contributed by atoms with Crippen molar-refractivity contribution >= 4 is 33.7 Å². The van der Waals surface area contributed by atoms with Crippen molar-refractivity contribution in [2.75, 3.05) is 0 Å². The van der Waals surface area contributed by atoms with Crippen LogP contribution in [0.3, 0.4) is 0 Å². The van der Waals surface area contributed by atoms with Crippen LogP contribution in [0.1, 0.15) is 22.3 Å². The maximum absolute atomic E-state index is 12.4. The minimum absolute atomic E-state index is 0.112. The predicted molar refractivity (Wildman–Crippen MR) is 115 cm³/mol. The first-order chi connectivity index (χ1) is 13.8. The van der Waals surface area contributed by atoms with E-state index < -0.39 is 0 Å². The van der Waals surface area contributed by atoms with Crippen molar-refractivity contribution in [3.63, 3.8) is 0 Å². The molecule has 1 aliphatic carbocycles. The van der Waals surface area contributed by atoms with Crippen LogP contribution in [0.15, 0.2) is 77.9 Å². The summed E-state index contributed by atoms with van der Waals surface area (Å²) < 4.78 is 0. The number of hydrazone groups is 1. The van der Waals surface area contributed by atoms with Crippen LogP contribution in [-0.2, 0) is 24.1 Å². The molecule has 0 unspecified atom stereocenters. The molecule has 0 fully saturated rings. The van der Waals surface area contributed by atoms with Crippen molar-refractivity contribution < 1.29 is 4.79 Å². The summed E-state index contributed by atoms with van der Waals surface area (Å²) in [4.78, 5) is 12.4. The molecule has 1 N–H and O–H groups in total. The van der Waals surface area contributed by atoms with E-state index in [0.29, 0.717) is 6.42 Å². The maximum Gasteiger partial charge on any atom is 0.244 e. The Morgan fingerprint density at radius 2 is 1.61 bits per heavy atom. The van der Waals surface area contributed by atoms with Gasteiger partial charge in [0.05, 0.1) is 12.6 Å². The Kier molecular flexibility index (Phi) is 4.13. The van der Waals surface area contributed by atoms with Gasteiger partial charge in [-0.1, -0.05) is 72.8 Å². The molecule has 0 saturated heterocycles. The second kappa shape index (κ2) is 6.93. The topological polar surface area (TPSA) is 41.5 Å². The number of benzene rings is 4. The lowest BCUT2D eigenvalue weighted by Crippen LogP contribution is -2.19. The van der Waals surface area contributed by atoms with Crippen LogP contribution in [0.5, 0.6) is 0 Å². The quantitative estimate of drug-likeness (QED) is 0.411. The Morgan fingerprint density at radius 1 is 0.857 bits per heavy atom. The lowest BCUT2D eigenvalue weighted by atomic mass is 10.0. The van der Waals surface area contributed by atoms with Gasteiger partial charge in [0.1, 0.15) is 0 Å². The van der Waals surface area contributed by atoms with Crippen LogP contribution in [0, 0.1) is 0 Å². The zero-order chi connectivity index (χ0) is 18.9. The van der Waals surface area contributed by atoms with Gasteiger partial charge < -0.3 is 0 Å². The molecule has 4 aromatic carbocycles. The molecule has 3 heteroatoms. The Hall–Kier alpha value is -3.46. The van der Waals surface area contributed by atoms with Gasteiger partial charge in [-0.15, -0.1) is 0 Å². The number of nitrogens with zero attached hydrogens (tertiary/aromatic N) is 1. The van der Waals surface area contributed by atoms with E-state index in [0.717, 1.165) is 34.7 Å². The maximum atomic E-state index is 12.4. The molecule has 0 aliphatic heterocycles. The highest BCUT2D eigenvalue weighted by atomic mass is 16.2. The molecule has 5 rings (SSSR count). The van der Waals surface area contributed by atoms with Crippen LogP contribution < -0.4 is 5.43 Å². The zero-order valence-corrected chi connectivity index (χ0v) is 15.5. The highest BCUT2D eigenvalue weighted by molar-refractivity contribution is 6.03. The molecule has 0 bridgehead atoms. The molecule has 0 heterocycles. The van der Waals surface area contributed by atoms with Gasteiger partial charge in [0.25, 0.3) is 0 Å². The number of hydrogen-bond donors (Lipinski definition) is 1. The van der Waals surface area contributed by atoms with Gasteiger partial charge in [0.15, 0.2) is 0 Å². The van der Waals surface area contributed by atoms with E-state index >= 15 is 0 Å². The lowest BCUT2D eigenvalue weighted by molar-refractivity contribution is -0.120. The van der Waals surface area contributed by atoms with Crippen LogP contribution in [0.4, 0.5) is 0 Å². The first-order valence-electron chi connectivity index (χ1n) is 9.61. The first-order valence-corrected chi connectivity index (χ1v) is 9.61.